The van der Waals surface area contributed by atoms with Crippen molar-refractivity contribution in [3.63, 3.8) is 0 Å². The lowest BCUT2D eigenvalue weighted by Crippen LogP contribution is -2.40. The number of nitrogens with zero attached hydrogens (tertiary/aromatic N) is 3. The maximum absolute atomic E-state index is 11.6. The number of rotatable bonds is 4. The van der Waals surface area contributed by atoms with Gasteiger partial charge in [-0.2, -0.15) is 5.26 Å². The summed E-state index contributed by atoms with van der Waals surface area (Å²) in [4.78, 5) is 19.4. The van der Waals surface area contributed by atoms with Gasteiger partial charge in [-0.05, 0) is 27.7 Å². The second kappa shape index (κ2) is 7.09. The van der Waals surface area contributed by atoms with Gasteiger partial charge in [-0.25, -0.2) is 14.8 Å². The molecule has 0 bridgehead atoms. The van der Waals surface area contributed by atoms with Gasteiger partial charge < -0.3 is 15.4 Å². The first-order chi connectivity index (χ1) is 9.71. The Morgan fingerprint density at radius 1 is 1.57 bits per heavy atom. The number of carbonyl (C=O) groups is 1. The predicted octanol–water partition coefficient (Wildman–Crippen LogP) is 2.33. The first-order valence-corrected chi connectivity index (χ1v) is 6.75. The standard InChI is InChI=1S/C13H18ClN5O2/c1-8(18-12(20)21-13(2,3)4)6-17-10-7-16-9(5-15)11(14)19-10/h7-8H,6H2,1-4H3,(H,17,19)(H,18,20)/t8-/m0/s1. The Balaban J connectivity index is 2.46. The highest BCUT2D eigenvalue weighted by Crippen LogP contribution is 2.12. The molecule has 1 amide bonds. The molecule has 1 atom stereocenters. The zero-order valence-electron chi connectivity index (χ0n) is 12.4. The van der Waals surface area contributed by atoms with Crippen LogP contribution in [0, 0.1) is 11.3 Å². The minimum absolute atomic E-state index is 0.0373. The quantitative estimate of drug-likeness (QED) is 0.885. The van der Waals surface area contributed by atoms with Crippen molar-refractivity contribution in [2.45, 2.75) is 39.3 Å². The Bertz CT molecular complexity index is 550. The smallest absolute Gasteiger partial charge is 0.407 e. The number of anilines is 1. The highest BCUT2D eigenvalue weighted by Gasteiger charge is 2.17. The Hall–Kier alpha value is -2.07. The van der Waals surface area contributed by atoms with Gasteiger partial charge >= 0.3 is 6.09 Å². The van der Waals surface area contributed by atoms with Crippen molar-refractivity contribution in [3.05, 3.63) is 17.0 Å². The summed E-state index contributed by atoms with van der Waals surface area (Å²) in [5.41, 5.74) is -0.467. The van der Waals surface area contributed by atoms with Crippen LogP contribution in [0.4, 0.5) is 10.6 Å². The van der Waals surface area contributed by atoms with Crippen molar-refractivity contribution in [1.82, 2.24) is 15.3 Å². The molecular weight excluding hydrogens is 294 g/mol. The lowest BCUT2D eigenvalue weighted by molar-refractivity contribution is 0.0511. The maximum Gasteiger partial charge on any atom is 0.407 e. The molecule has 0 saturated carbocycles. The second-order valence-electron chi connectivity index (χ2n) is 5.43. The summed E-state index contributed by atoms with van der Waals surface area (Å²) in [6, 6.07) is 1.64. The summed E-state index contributed by atoms with van der Waals surface area (Å²) in [6.07, 6.45) is 0.922. The van der Waals surface area contributed by atoms with Crippen LogP contribution in [0.5, 0.6) is 0 Å². The van der Waals surface area contributed by atoms with Crippen LogP contribution in [0.3, 0.4) is 0 Å². The zero-order valence-corrected chi connectivity index (χ0v) is 13.2. The molecule has 0 aliphatic heterocycles. The van der Waals surface area contributed by atoms with Crippen LogP contribution in [0.2, 0.25) is 5.15 Å². The number of carbonyl (C=O) groups excluding carboxylic acids is 1. The van der Waals surface area contributed by atoms with Gasteiger partial charge in [0.1, 0.15) is 17.5 Å². The summed E-state index contributed by atoms with van der Waals surface area (Å²) in [5, 5.41) is 14.4. The van der Waals surface area contributed by atoms with Crippen LogP contribution >= 0.6 is 11.6 Å². The molecule has 0 unspecified atom stereocenters. The van der Waals surface area contributed by atoms with E-state index in [-0.39, 0.29) is 16.9 Å². The number of halogens is 1. The fourth-order valence-electron chi connectivity index (χ4n) is 1.34. The number of aromatic nitrogens is 2. The van der Waals surface area contributed by atoms with E-state index in [0.29, 0.717) is 12.4 Å². The molecule has 0 radical (unpaired) electrons. The van der Waals surface area contributed by atoms with Crippen LogP contribution in [0.15, 0.2) is 6.20 Å². The van der Waals surface area contributed by atoms with Crippen LogP contribution in [-0.4, -0.2) is 34.2 Å². The topological polar surface area (TPSA) is 99.9 Å². The van der Waals surface area contributed by atoms with Gasteiger partial charge in [-0.3, -0.25) is 0 Å². The second-order valence-corrected chi connectivity index (χ2v) is 5.79. The van der Waals surface area contributed by atoms with Crippen LogP contribution in [0.1, 0.15) is 33.4 Å². The molecule has 7 nitrogen and oxygen atoms in total. The molecule has 1 heterocycles. The van der Waals surface area contributed by atoms with E-state index < -0.39 is 11.7 Å². The van der Waals surface area contributed by atoms with E-state index in [1.165, 1.54) is 6.20 Å². The first kappa shape index (κ1) is 17.0. The zero-order chi connectivity index (χ0) is 16.0. The van der Waals surface area contributed by atoms with E-state index in [2.05, 4.69) is 20.6 Å². The summed E-state index contributed by atoms with van der Waals surface area (Å²) < 4.78 is 5.15. The summed E-state index contributed by atoms with van der Waals surface area (Å²) in [6.45, 7) is 7.61. The molecule has 0 aliphatic rings. The summed E-state index contributed by atoms with van der Waals surface area (Å²) >= 11 is 5.78. The molecule has 0 spiro atoms. The minimum atomic E-state index is -0.538. The maximum atomic E-state index is 11.6. The number of ether oxygens (including phenoxy) is 1. The molecule has 8 heteroatoms. The number of nitrogens with one attached hydrogen (secondary N) is 2. The molecule has 114 valence electrons. The number of hydrogen-bond donors (Lipinski definition) is 2. The van der Waals surface area contributed by atoms with E-state index in [0.717, 1.165) is 0 Å². The third-order valence-corrected chi connectivity index (χ3v) is 2.45. The molecule has 0 aromatic carbocycles. The Kier molecular flexibility index (Phi) is 5.73. The third kappa shape index (κ3) is 6.27. The molecule has 0 saturated heterocycles. The fraction of sp³-hybridized carbons (Fsp3) is 0.538. The molecule has 0 aliphatic carbocycles. The average Bonchev–Trinajstić information content (AvgIpc) is 2.34. The average molecular weight is 312 g/mol. The van der Waals surface area contributed by atoms with E-state index >= 15 is 0 Å². The first-order valence-electron chi connectivity index (χ1n) is 6.37. The van der Waals surface area contributed by atoms with Crippen molar-refractivity contribution in [3.8, 4) is 6.07 Å². The van der Waals surface area contributed by atoms with E-state index in [1.54, 1.807) is 20.8 Å². The van der Waals surface area contributed by atoms with Crippen LogP contribution < -0.4 is 10.6 Å². The third-order valence-electron chi connectivity index (χ3n) is 2.19. The van der Waals surface area contributed by atoms with Crippen molar-refractivity contribution >= 4 is 23.5 Å². The van der Waals surface area contributed by atoms with Gasteiger partial charge in [-0.15, -0.1) is 0 Å². The van der Waals surface area contributed by atoms with Crippen LogP contribution in [0.25, 0.3) is 0 Å². The highest BCUT2D eigenvalue weighted by molar-refractivity contribution is 6.30. The molecule has 0 fully saturated rings. The number of amides is 1. The molecule has 1 aromatic heterocycles. The Morgan fingerprint density at radius 2 is 2.24 bits per heavy atom. The molecule has 1 aromatic rings. The van der Waals surface area contributed by atoms with Crippen molar-refractivity contribution in [1.29, 1.82) is 5.26 Å². The fourth-order valence-corrected chi connectivity index (χ4v) is 1.53. The van der Waals surface area contributed by atoms with Crippen molar-refractivity contribution in [2.75, 3.05) is 11.9 Å². The molecule has 1 rings (SSSR count). The number of nitriles is 1. The monoisotopic (exact) mass is 311 g/mol. The molecular formula is C13H18ClN5O2. The summed E-state index contributed by atoms with van der Waals surface area (Å²) in [7, 11) is 0. The highest BCUT2D eigenvalue weighted by atomic mass is 35.5. The normalized spacial score (nSPS) is 12.2. The Morgan fingerprint density at radius 3 is 2.76 bits per heavy atom. The number of alkyl carbamates (subject to hydrolysis) is 1. The van der Waals surface area contributed by atoms with Gasteiger partial charge in [0, 0.05) is 12.6 Å². The van der Waals surface area contributed by atoms with Gasteiger partial charge in [0.2, 0.25) is 0 Å². The lowest BCUT2D eigenvalue weighted by Gasteiger charge is -2.22. The minimum Gasteiger partial charge on any atom is -0.444 e. The molecule has 2 N–H and O–H groups in total. The van der Waals surface area contributed by atoms with E-state index in [4.69, 9.17) is 21.6 Å². The van der Waals surface area contributed by atoms with E-state index in [1.807, 2.05) is 13.0 Å². The van der Waals surface area contributed by atoms with Crippen LogP contribution in [-0.2, 0) is 4.74 Å². The van der Waals surface area contributed by atoms with Gasteiger partial charge in [0.05, 0.1) is 6.20 Å². The van der Waals surface area contributed by atoms with E-state index in [9.17, 15) is 4.79 Å². The van der Waals surface area contributed by atoms with Gasteiger partial charge in [0.15, 0.2) is 10.8 Å². The number of hydrogen-bond acceptors (Lipinski definition) is 6. The lowest BCUT2D eigenvalue weighted by atomic mass is 10.2. The largest absolute Gasteiger partial charge is 0.444 e. The SMILES string of the molecule is C[C@@H](CNc1cnc(C#N)c(Cl)n1)NC(=O)OC(C)(C)C. The van der Waals surface area contributed by atoms with Gasteiger partial charge in [-0.1, -0.05) is 11.6 Å². The van der Waals surface area contributed by atoms with Gasteiger partial charge in [0.25, 0.3) is 0 Å². The summed E-state index contributed by atoms with van der Waals surface area (Å²) in [5.74, 6) is 0.428. The predicted molar refractivity (Wildman–Crippen MR) is 79.1 cm³/mol. The van der Waals surface area contributed by atoms with Crippen molar-refractivity contribution < 1.29 is 9.53 Å². The molecule has 21 heavy (non-hydrogen) atoms. The van der Waals surface area contributed by atoms with Crippen molar-refractivity contribution in [2.24, 2.45) is 0 Å². The Labute approximate surface area is 128 Å².